The molecule has 51 valence electrons. The minimum atomic E-state index is -0.0272. The maximum atomic E-state index is 10.7. The molecule has 1 aliphatic rings. The molecular formula is C8H8NO. The number of rotatable bonds is 0. The smallest absolute Gasteiger partial charge is 0.248 e. The van der Waals surface area contributed by atoms with Gasteiger partial charge in [-0.05, 0) is 30.9 Å². The van der Waals surface area contributed by atoms with Crippen molar-refractivity contribution in [1.29, 1.82) is 0 Å². The number of hydrogen-bond acceptors (Lipinski definition) is 1. The summed E-state index contributed by atoms with van der Waals surface area (Å²) in [5.41, 5.74) is 2.26. The average molecular weight is 134 g/mol. The molecule has 0 unspecified atom stereocenters. The Kier molecular flexibility index (Phi) is 1.13. The molecule has 1 aromatic heterocycles. The van der Waals surface area contributed by atoms with E-state index in [2.05, 4.69) is 11.1 Å². The van der Waals surface area contributed by atoms with Crippen molar-refractivity contribution >= 4 is 0 Å². The average Bonchev–Trinajstić information content (AvgIpc) is 2.33. The quantitative estimate of drug-likeness (QED) is 0.555. The number of hydrogen-bond donors (Lipinski definition) is 1. The molecule has 0 aromatic carbocycles. The second kappa shape index (κ2) is 1.97. The van der Waals surface area contributed by atoms with Gasteiger partial charge in [0.1, 0.15) is 0 Å². The summed E-state index contributed by atoms with van der Waals surface area (Å²) < 4.78 is 0. The van der Waals surface area contributed by atoms with Crippen molar-refractivity contribution in [3.8, 4) is 0 Å². The number of nitrogens with one attached hydrogen (secondary N) is 1. The second-order valence-electron chi connectivity index (χ2n) is 2.59. The van der Waals surface area contributed by atoms with Crippen molar-refractivity contribution in [3.63, 3.8) is 0 Å². The fourth-order valence-electron chi connectivity index (χ4n) is 1.38. The first-order chi connectivity index (χ1) is 4.86. The molecule has 0 fully saturated rings. The van der Waals surface area contributed by atoms with Crippen LogP contribution in [0.1, 0.15) is 17.7 Å². The highest BCUT2D eigenvalue weighted by Crippen LogP contribution is 2.16. The molecule has 1 aliphatic carbocycles. The van der Waals surface area contributed by atoms with E-state index in [0.29, 0.717) is 0 Å². The number of fused-ring (bicyclic) bond motifs is 1. The van der Waals surface area contributed by atoms with Crippen molar-refractivity contribution in [2.24, 2.45) is 0 Å². The van der Waals surface area contributed by atoms with Gasteiger partial charge in [0.2, 0.25) is 5.56 Å². The van der Waals surface area contributed by atoms with Crippen LogP contribution in [0, 0.1) is 6.07 Å². The van der Waals surface area contributed by atoms with Crippen LogP contribution in [0.5, 0.6) is 0 Å². The second-order valence-corrected chi connectivity index (χ2v) is 2.59. The molecule has 0 spiro atoms. The Morgan fingerprint density at radius 1 is 1.50 bits per heavy atom. The van der Waals surface area contributed by atoms with E-state index >= 15 is 0 Å². The van der Waals surface area contributed by atoms with Gasteiger partial charge in [-0.15, -0.1) is 0 Å². The van der Waals surface area contributed by atoms with E-state index in [4.69, 9.17) is 0 Å². The van der Waals surface area contributed by atoms with Gasteiger partial charge in [-0.3, -0.25) is 4.79 Å². The Morgan fingerprint density at radius 2 is 2.40 bits per heavy atom. The van der Waals surface area contributed by atoms with E-state index in [9.17, 15) is 4.79 Å². The predicted octanol–water partition coefficient (Wildman–Crippen LogP) is 0.664. The third-order valence-electron chi connectivity index (χ3n) is 1.87. The lowest BCUT2D eigenvalue weighted by atomic mass is 10.2. The molecule has 0 bridgehead atoms. The molecule has 1 aromatic rings. The first-order valence-electron chi connectivity index (χ1n) is 3.49. The topological polar surface area (TPSA) is 32.9 Å². The van der Waals surface area contributed by atoms with E-state index in [0.717, 1.165) is 25.0 Å². The van der Waals surface area contributed by atoms with Crippen molar-refractivity contribution in [3.05, 3.63) is 33.7 Å². The van der Waals surface area contributed by atoms with Crippen LogP contribution in [0.2, 0.25) is 0 Å². The molecule has 2 rings (SSSR count). The summed E-state index contributed by atoms with van der Waals surface area (Å²) in [5, 5.41) is 0. The number of pyridine rings is 1. The molecule has 1 heterocycles. The van der Waals surface area contributed by atoms with Crippen molar-refractivity contribution in [2.45, 2.75) is 19.3 Å². The van der Waals surface area contributed by atoms with Gasteiger partial charge in [-0.25, -0.2) is 0 Å². The molecule has 10 heavy (non-hydrogen) atoms. The Morgan fingerprint density at radius 3 is 3.30 bits per heavy atom. The Labute approximate surface area is 58.9 Å². The summed E-state index contributed by atoms with van der Waals surface area (Å²) in [6.45, 7) is 0. The van der Waals surface area contributed by atoms with Crippen LogP contribution in [-0.4, -0.2) is 4.98 Å². The predicted molar refractivity (Wildman–Crippen MR) is 37.9 cm³/mol. The van der Waals surface area contributed by atoms with E-state index in [1.807, 2.05) is 0 Å². The number of aromatic amines is 1. The molecular weight excluding hydrogens is 126 g/mol. The number of aromatic nitrogens is 1. The summed E-state index contributed by atoms with van der Waals surface area (Å²) in [6.07, 6.45) is 3.25. The maximum Gasteiger partial charge on any atom is 0.248 e. The molecule has 0 saturated carbocycles. The van der Waals surface area contributed by atoms with Crippen molar-refractivity contribution in [2.75, 3.05) is 0 Å². The summed E-state index contributed by atoms with van der Waals surface area (Å²) in [5.74, 6) is 0. The highest BCUT2D eigenvalue weighted by atomic mass is 16.1. The summed E-state index contributed by atoms with van der Waals surface area (Å²) in [6, 6.07) is 4.45. The van der Waals surface area contributed by atoms with Gasteiger partial charge < -0.3 is 4.98 Å². The molecule has 1 radical (unpaired) electrons. The van der Waals surface area contributed by atoms with Crippen LogP contribution in [0.25, 0.3) is 0 Å². The fraction of sp³-hybridized carbons (Fsp3) is 0.375. The van der Waals surface area contributed by atoms with Gasteiger partial charge in [0.25, 0.3) is 0 Å². The normalized spacial score (nSPS) is 15.2. The Bertz CT molecular complexity index is 300. The Hall–Kier alpha value is -1.05. The van der Waals surface area contributed by atoms with E-state index in [-0.39, 0.29) is 5.56 Å². The monoisotopic (exact) mass is 134 g/mol. The molecule has 0 saturated heterocycles. The minimum Gasteiger partial charge on any atom is -0.326 e. The van der Waals surface area contributed by atoms with Crippen LogP contribution in [0.4, 0.5) is 0 Å². The molecule has 2 nitrogen and oxygen atoms in total. The van der Waals surface area contributed by atoms with Gasteiger partial charge in [0.15, 0.2) is 0 Å². The zero-order valence-electron chi connectivity index (χ0n) is 5.61. The SMILES string of the molecule is O=c1c[c]c2c([nH]1)CCC2. The first kappa shape index (κ1) is 5.71. The lowest BCUT2D eigenvalue weighted by Gasteiger charge is -1.93. The lowest BCUT2D eigenvalue weighted by Crippen LogP contribution is -2.06. The zero-order chi connectivity index (χ0) is 6.97. The number of aryl methyl sites for hydroxylation is 2. The minimum absolute atomic E-state index is 0.0272. The molecule has 0 atom stereocenters. The summed E-state index contributed by atoms with van der Waals surface area (Å²) in [4.78, 5) is 13.5. The third kappa shape index (κ3) is 0.764. The maximum absolute atomic E-state index is 10.7. The van der Waals surface area contributed by atoms with Crippen LogP contribution >= 0.6 is 0 Å². The van der Waals surface area contributed by atoms with Gasteiger partial charge in [0, 0.05) is 11.8 Å². The fourth-order valence-corrected chi connectivity index (χ4v) is 1.38. The standard InChI is InChI=1S/C8H8NO/c10-8-5-4-6-2-1-3-7(6)9-8/h5H,1-3H2,(H,9,10). The van der Waals surface area contributed by atoms with Crippen molar-refractivity contribution < 1.29 is 0 Å². The van der Waals surface area contributed by atoms with Gasteiger partial charge in [-0.1, -0.05) is 0 Å². The lowest BCUT2D eigenvalue weighted by molar-refractivity contribution is 0.897. The van der Waals surface area contributed by atoms with Gasteiger partial charge in [0.05, 0.1) is 0 Å². The first-order valence-corrected chi connectivity index (χ1v) is 3.49. The largest absolute Gasteiger partial charge is 0.326 e. The molecule has 1 N–H and O–H groups in total. The van der Waals surface area contributed by atoms with Crippen molar-refractivity contribution in [1.82, 2.24) is 4.98 Å². The van der Waals surface area contributed by atoms with Gasteiger partial charge in [-0.2, -0.15) is 0 Å². The van der Waals surface area contributed by atoms with Gasteiger partial charge >= 0.3 is 0 Å². The van der Waals surface area contributed by atoms with E-state index < -0.39 is 0 Å². The number of H-pyrrole nitrogens is 1. The van der Waals surface area contributed by atoms with Crippen LogP contribution in [0.15, 0.2) is 10.9 Å². The van der Waals surface area contributed by atoms with Crippen LogP contribution in [-0.2, 0) is 12.8 Å². The summed E-state index contributed by atoms with van der Waals surface area (Å²) in [7, 11) is 0. The Balaban J connectivity index is 2.63. The zero-order valence-corrected chi connectivity index (χ0v) is 5.61. The van der Waals surface area contributed by atoms with Crippen LogP contribution < -0.4 is 5.56 Å². The highest BCUT2D eigenvalue weighted by molar-refractivity contribution is 5.22. The molecule has 0 amide bonds. The van der Waals surface area contributed by atoms with E-state index in [1.54, 1.807) is 0 Å². The molecule has 0 aliphatic heterocycles. The summed E-state index contributed by atoms with van der Waals surface area (Å²) >= 11 is 0. The molecule has 2 heteroatoms. The highest BCUT2D eigenvalue weighted by Gasteiger charge is 2.09. The van der Waals surface area contributed by atoms with Crippen LogP contribution in [0.3, 0.4) is 0 Å². The van der Waals surface area contributed by atoms with E-state index in [1.165, 1.54) is 11.6 Å². The third-order valence-corrected chi connectivity index (χ3v) is 1.87.